The number of nitrogens with zero attached hydrogens (tertiary/aromatic N) is 2. The van der Waals surface area contributed by atoms with Crippen molar-refractivity contribution < 1.29 is 28.9 Å². The van der Waals surface area contributed by atoms with Gasteiger partial charge in [0, 0.05) is 54.2 Å². The Kier molecular flexibility index (Phi) is 8.49. The van der Waals surface area contributed by atoms with Gasteiger partial charge in [-0.1, -0.05) is 54.6 Å². The van der Waals surface area contributed by atoms with Crippen molar-refractivity contribution >= 4 is 43.9 Å². The van der Waals surface area contributed by atoms with Crippen molar-refractivity contribution in [3.05, 3.63) is 156 Å². The molecule has 0 aliphatic carbocycles. The van der Waals surface area contributed by atoms with Crippen LogP contribution >= 0.6 is 0 Å². The topological polar surface area (TPSA) is 52.1 Å². The molecule has 9 rings (SSSR count). The van der Waals surface area contributed by atoms with Gasteiger partial charge in [0.05, 0.1) is 5.39 Å². The number of aromatic nitrogens is 2. The minimum Gasteiger partial charge on any atom is -0.455 e. The maximum absolute atomic E-state index is 6.56. The molecular formula is C43H30IrN2O2-2. The second-order valence-electron chi connectivity index (χ2n) is 11.8. The first-order valence-electron chi connectivity index (χ1n) is 15.6. The Morgan fingerprint density at radius 2 is 1.21 bits per heavy atom. The number of fused-ring (bicyclic) bond motifs is 7. The van der Waals surface area contributed by atoms with Crippen LogP contribution in [0.1, 0.15) is 16.7 Å². The number of benzene rings is 5. The van der Waals surface area contributed by atoms with Crippen molar-refractivity contribution in [2.24, 2.45) is 0 Å². The molecule has 0 amide bonds. The zero-order chi connectivity index (χ0) is 31.9. The molecule has 9 aromatic rings. The molecule has 0 saturated carbocycles. The van der Waals surface area contributed by atoms with Gasteiger partial charge in [-0.05, 0) is 66.5 Å². The van der Waals surface area contributed by atoms with E-state index in [1.165, 1.54) is 5.56 Å². The molecular weight excluding hydrogens is 769 g/mol. The normalized spacial score (nSPS) is 11.1. The fourth-order valence-electron chi connectivity index (χ4n) is 6.19. The molecule has 4 heterocycles. The summed E-state index contributed by atoms with van der Waals surface area (Å²) in [4.78, 5) is 8.92. The summed E-state index contributed by atoms with van der Waals surface area (Å²) >= 11 is 0. The summed E-state index contributed by atoms with van der Waals surface area (Å²) in [5.74, 6) is 0. The van der Waals surface area contributed by atoms with Gasteiger partial charge >= 0.3 is 0 Å². The summed E-state index contributed by atoms with van der Waals surface area (Å²) in [6.07, 6.45) is 3.73. The monoisotopic (exact) mass is 799 g/mol. The molecule has 0 aliphatic heterocycles. The average Bonchev–Trinajstić information content (AvgIpc) is 3.70. The van der Waals surface area contributed by atoms with E-state index in [9.17, 15) is 0 Å². The van der Waals surface area contributed by atoms with E-state index in [2.05, 4.69) is 90.5 Å². The molecule has 0 saturated heterocycles. The van der Waals surface area contributed by atoms with E-state index in [1.807, 2.05) is 80.0 Å². The quantitative estimate of drug-likeness (QED) is 0.167. The Morgan fingerprint density at radius 3 is 1.88 bits per heavy atom. The van der Waals surface area contributed by atoms with Crippen LogP contribution in [0.2, 0.25) is 0 Å². The molecule has 48 heavy (non-hydrogen) atoms. The smallest absolute Gasteiger partial charge is 0.147 e. The second kappa shape index (κ2) is 13.0. The van der Waals surface area contributed by atoms with Crippen molar-refractivity contribution in [3.63, 3.8) is 0 Å². The first-order chi connectivity index (χ1) is 23.0. The molecule has 4 aromatic heterocycles. The summed E-state index contributed by atoms with van der Waals surface area (Å²) in [5, 5.41) is 4.30. The molecule has 0 bridgehead atoms. The second-order valence-corrected chi connectivity index (χ2v) is 11.8. The minimum atomic E-state index is 0. The predicted molar refractivity (Wildman–Crippen MR) is 191 cm³/mol. The molecule has 0 atom stereocenters. The van der Waals surface area contributed by atoms with Crippen molar-refractivity contribution in [3.8, 4) is 33.6 Å². The molecule has 5 aromatic carbocycles. The molecule has 235 valence electrons. The van der Waals surface area contributed by atoms with Gasteiger partial charge in [-0.15, -0.1) is 71.8 Å². The van der Waals surface area contributed by atoms with E-state index in [4.69, 9.17) is 8.83 Å². The fourth-order valence-corrected chi connectivity index (χ4v) is 6.19. The number of hydrogen-bond acceptors (Lipinski definition) is 4. The third-order valence-corrected chi connectivity index (χ3v) is 8.58. The number of pyridine rings is 2. The van der Waals surface area contributed by atoms with Crippen LogP contribution in [0.3, 0.4) is 0 Å². The molecule has 0 spiro atoms. The van der Waals surface area contributed by atoms with Gasteiger partial charge < -0.3 is 18.8 Å². The zero-order valence-electron chi connectivity index (χ0n) is 26.7. The van der Waals surface area contributed by atoms with Crippen LogP contribution in [-0.4, -0.2) is 9.97 Å². The van der Waals surface area contributed by atoms with E-state index < -0.39 is 0 Å². The molecule has 5 heteroatoms. The van der Waals surface area contributed by atoms with Gasteiger partial charge in [0.2, 0.25) is 0 Å². The van der Waals surface area contributed by atoms with Crippen molar-refractivity contribution in [2.75, 3.05) is 0 Å². The van der Waals surface area contributed by atoms with Crippen LogP contribution in [-0.2, 0) is 20.1 Å². The third kappa shape index (κ3) is 5.62. The van der Waals surface area contributed by atoms with Gasteiger partial charge in [0.25, 0.3) is 0 Å². The summed E-state index contributed by atoms with van der Waals surface area (Å²) in [6.45, 7) is 6.21. The van der Waals surface area contributed by atoms with E-state index in [0.29, 0.717) is 0 Å². The van der Waals surface area contributed by atoms with Crippen molar-refractivity contribution in [1.82, 2.24) is 9.97 Å². The summed E-state index contributed by atoms with van der Waals surface area (Å²) in [6, 6.07) is 45.2. The largest absolute Gasteiger partial charge is 0.455 e. The summed E-state index contributed by atoms with van der Waals surface area (Å²) in [5.41, 5.74) is 12.9. The van der Waals surface area contributed by atoms with Crippen molar-refractivity contribution in [1.29, 1.82) is 0 Å². The van der Waals surface area contributed by atoms with E-state index in [0.717, 1.165) is 88.6 Å². The predicted octanol–water partition coefficient (Wildman–Crippen LogP) is 11.5. The number of para-hydroxylation sites is 2. The number of aryl methyl sites for hydroxylation is 3. The maximum atomic E-state index is 6.56. The zero-order valence-corrected chi connectivity index (χ0v) is 29.1. The SMILES string of the molecule is Cc1ccc(-c2[c-]cccc2)nc1.Cc1cccc2c1oc1c2cc(-c2ccnc(-c3[c-]cccc3)c2)c2oc3c(C)cccc3c21.[Ir]. The van der Waals surface area contributed by atoms with Crippen LogP contribution in [0, 0.1) is 32.9 Å². The molecule has 0 unspecified atom stereocenters. The molecule has 0 fully saturated rings. The Bertz CT molecular complexity index is 2530. The first kappa shape index (κ1) is 31.3. The van der Waals surface area contributed by atoms with E-state index >= 15 is 0 Å². The van der Waals surface area contributed by atoms with Crippen molar-refractivity contribution in [2.45, 2.75) is 20.8 Å². The number of furan rings is 2. The molecule has 0 aliphatic rings. The first-order valence-corrected chi connectivity index (χ1v) is 15.6. The molecule has 1 radical (unpaired) electrons. The van der Waals surface area contributed by atoms with Crippen LogP contribution in [0.25, 0.3) is 77.5 Å². The molecule has 4 nitrogen and oxygen atoms in total. The summed E-state index contributed by atoms with van der Waals surface area (Å²) < 4.78 is 13.1. The Balaban J connectivity index is 0.000000220. The standard InChI is InChI=1S/C31H20NO2.C12H10N.Ir/c1-18-8-6-12-22-25-17-24(21-14-15-32-26(16-21)20-10-4-3-5-11-20)30-27(31(25)33-28(18)22)23-13-7-9-19(2)29(23)34-30;1-10-7-8-12(13-9-10)11-5-3-2-4-6-11;/h3-10,12-17H,1-2H3;2-5,7-9H,1H3;/q2*-1;. The minimum absolute atomic E-state index is 0. The van der Waals surface area contributed by atoms with Crippen LogP contribution in [0.4, 0.5) is 0 Å². The van der Waals surface area contributed by atoms with Gasteiger partial charge in [-0.25, -0.2) is 0 Å². The fraction of sp³-hybridized carbons (Fsp3) is 0.0698. The Hall–Kier alpha value is -5.35. The van der Waals surface area contributed by atoms with E-state index in [1.54, 1.807) is 0 Å². The third-order valence-electron chi connectivity index (χ3n) is 8.58. The number of hydrogen-bond donors (Lipinski definition) is 0. The van der Waals surface area contributed by atoms with Crippen LogP contribution in [0.15, 0.2) is 136 Å². The summed E-state index contributed by atoms with van der Waals surface area (Å²) in [7, 11) is 0. The van der Waals surface area contributed by atoms with Gasteiger partial charge in [-0.2, -0.15) is 0 Å². The average molecular weight is 799 g/mol. The molecule has 0 N–H and O–H groups in total. The van der Waals surface area contributed by atoms with E-state index in [-0.39, 0.29) is 20.1 Å². The number of rotatable bonds is 3. The Labute approximate surface area is 292 Å². The van der Waals surface area contributed by atoms with Gasteiger partial charge in [0.1, 0.15) is 22.3 Å². The van der Waals surface area contributed by atoms with Gasteiger partial charge in [-0.3, -0.25) is 0 Å². The van der Waals surface area contributed by atoms with Crippen LogP contribution < -0.4 is 0 Å². The maximum Gasteiger partial charge on any atom is 0.147 e. The Morgan fingerprint density at radius 1 is 0.542 bits per heavy atom. The van der Waals surface area contributed by atoms with Crippen LogP contribution in [0.5, 0.6) is 0 Å². The van der Waals surface area contributed by atoms with Gasteiger partial charge in [0.15, 0.2) is 0 Å².